The van der Waals surface area contributed by atoms with Gasteiger partial charge in [0.05, 0.1) is 31.0 Å². The van der Waals surface area contributed by atoms with Crippen LogP contribution in [-0.2, 0) is 11.3 Å². The van der Waals surface area contributed by atoms with Gasteiger partial charge in [-0.1, -0.05) is 24.3 Å². The summed E-state index contributed by atoms with van der Waals surface area (Å²) in [6.45, 7) is 0.693. The highest BCUT2D eigenvalue weighted by Crippen LogP contribution is 2.49. The lowest BCUT2D eigenvalue weighted by Gasteiger charge is -2.41. The summed E-state index contributed by atoms with van der Waals surface area (Å²) in [6.07, 6.45) is 3.43. The number of anilines is 1. The predicted molar refractivity (Wildman–Crippen MR) is 132 cm³/mol. The Morgan fingerprint density at radius 1 is 1.03 bits per heavy atom. The zero-order valence-electron chi connectivity index (χ0n) is 20.1. The second kappa shape index (κ2) is 9.69. The molecule has 2 aliphatic heterocycles. The second-order valence-corrected chi connectivity index (χ2v) is 8.57. The Morgan fingerprint density at radius 3 is 2.61 bits per heavy atom. The minimum Gasteiger partial charge on any atom is -0.493 e. The van der Waals surface area contributed by atoms with Crippen LogP contribution >= 0.6 is 0 Å². The van der Waals surface area contributed by atoms with E-state index in [2.05, 4.69) is 10.3 Å². The van der Waals surface area contributed by atoms with Crippen molar-refractivity contribution in [3.8, 4) is 11.5 Å². The van der Waals surface area contributed by atoms with E-state index in [1.54, 1.807) is 58.6 Å². The normalized spacial score (nSPS) is 15.8. The number of para-hydroxylation sites is 1. The number of pyridine rings is 1. The van der Waals surface area contributed by atoms with Crippen molar-refractivity contribution in [1.82, 2.24) is 15.2 Å². The van der Waals surface area contributed by atoms with Crippen LogP contribution in [0.4, 0.5) is 5.69 Å². The number of benzene rings is 2. The Hall–Kier alpha value is -4.40. The molecule has 5 rings (SSSR count). The summed E-state index contributed by atoms with van der Waals surface area (Å²) in [7, 11) is 3.01. The summed E-state index contributed by atoms with van der Waals surface area (Å²) in [4.78, 5) is 47.0. The Morgan fingerprint density at radius 2 is 1.86 bits per heavy atom. The van der Waals surface area contributed by atoms with Crippen molar-refractivity contribution < 1.29 is 23.9 Å². The van der Waals surface area contributed by atoms with Crippen LogP contribution in [-0.4, -0.2) is 48.4 Å². The smallest absolute Gasteiger partial charge is 0.264 e. The van der Waals surface area contributed by atoms with E-state index in [4.69, 9.17) is 9.47 Å². The highest BCUT2D eigenvalue weighted by Gasteiger charge is 2.49. The average molecular weight is 487 g/mol. The lowest BCUT2D eigenvalue weighted by Crippen LogP contribution is -2.48. The lowest BCUT2D eigenvalue weighted by atomic mass is 10.0. The zero-order valence-corrected chi connectivity index (χ0v) is 20.1. The monoisotopic (exact) mass is 486 g/mol. The largest absolute Gasteiger partial charge is 0.493 e. The van der Waals surface area contributed by atoms with Crippen molar-refractivity contribution in [1.29, 1.82) is 0 Å². The molecule has 3 amide bonds. The molecule has 0 saturated heterocycles. The van der Waals surface area contributed by atoms with Gasteiger partial charge in [-0.2, -0.15) is 0 Å². The number of ether oxygens (including phenoxy) is 2. The molecule has 0 spiro atoms. The van der Waals surface area contributed by atoms with Crippen molar-refractivity contribution in [3.05, 3.63) is 83.2 Å². The van der Waals surface area contributed by atoms with Crippen LogP contribution in [0.5, 0.6) is 11.5 Å². The number of nitrogens with zero attached hydrogens (tertiary/aromatic N) is 3. The number of hydrogen-bond donors (Lipinski definition) is 1. The molecule has 184 valence electrons. The van der Waals surface area contributed by atoms with Crippen LogP contribution < -0.4 is 19.7 Å². The van der Waals surface area contributed by atoms with E-state index >= 15 is 0 Å². The summed E-state index contributed by atoms with van der Waals surface area (Å²) in [6, 6.07) is 14.3. The fourth-order valence-corrected chi connectivity index (χ4v) is 4.85. The molecule has 36 heavy (non-hydrogen) atoms. The van der Waals surface area contributed by atoms with Crippen LogP contribution in [0.2, 0.25) is 0 Å². The van der Waals surface area contributed by atoms with Gasteiger partial charge < -0.3 is 19.7 Å². The number of carbonyl (C=O) groups excluding carboxylic acids is 3. The lowest BCUT2D eigenvalue weighted by molar-refractivity contribution is -0.121. The number of hydrogen-bond acceptors (Lipinski definition) is 6. The fourth-order valence-electron chi connectivity index (χ4n) is 4.85. The molecule has 1 N–H and O–H groups in total. The van der Waals surface area contributed by atoms with Crippen LogP contribution in [0.25, 0.3) is 0 Å². The number of amides is 3. The molecule has 2 aliphatic rings. The molecular formula is C27H26N4O5. The van der Waals surface area contributed by atoms with Gasteiger partial charge in [0.2, 0.25) is 5.91 Å². The van der Waals surface area contributed by atoms with Crippen LogP contribution in [0, 0.1) is 0 Å². The number of aromatic nitrogens is 1. The standard InChI is InChI=1S/C27H26N4O5/c1-35-21-12-11-19-23(24(21)36-2)27(34)31-20-9-4-3-8-18(20)26(33)30(25(19)31)14-6-10-22(32)29-16-17-7-5-13-28-15-17/h3-5,7-9,11-13,15,25H,6,10,14,16H2,1-2H3,(H,29,32). The molecule has 0 aliphatic carbocycles. The first-order valence-electron chi connectivity index (χ1n) is 11.7. The van der Waals surface area contributed by atoms with Crippen LogP contribution in [0.3, 0.4) is 0 Å². The number of fused-ring (bicyclic) bond motifs is 5. The van der Waals surface area contributed by atoms with Crippen molar-refractivity contribution in [2.75, 3.05) is 25.7 Å². The molecule has 0 fully saturated rings. The highest BCUT2D eigenvalue weighted by atomic mass is 16.5. The van der Waals surface area contributed by atoms with Gasteiger partial charge in [-0.05, 0) is 36.2 Å². The number of rotatable bonds is 8. The Labute approximate surface area is 208 Å². The van der Waals surface area contributed by atoms with Crippen LogP contribution in [0.1, 0.15) is 50.9 Å². The number of nitrogens with one attached hydrogen (secondary N) is 1. The van der Waals surface area contributed by atoms with Crippen molar-refractivity contribution in [3.63, 3.8) is 0 Å². The second-order valence-electron chi connectivity index (χ2n) is 8.57. The SMILES string of the molecule is COc1ccc2c(c1OC)C(=O)N1c3ccccc3C(=O)N(CCCC(=O)NCc3cccnc3)C21. The molecule has 9 nitrogen and oxygen atoms in total. The topological polar surface area (TPSA) is 101 Å². The molecule has 3 heterocycles. The fraction of sp³-hybridized carbons (Fsp3) is 0.259. The summed E-state index contributed by atoms with van der Waals surface area (Å²) < 4.78 is 11.0. The first-order valence-corrected chi connectivity index (χ1v) is 11.7. The third-order valence-electron chi connectivity index (χ3n) is 6.50. The number of carbonyl (C=O) groups is 3. The van der Waals surface area contributed by atoms with E-state index < -0.39 is 6.17 Å². The summed E-state index contributed by atoms with van der Waals surface area (Å²) in [5, 5.41) is 2.88. The van der Waals surface area contributed by atoms with E-state index in [1.165, 1.54) is 14.2 Å². The molecule has 1 aromatic heterocycles. The molecular weight excluding hydrogens is 460 g/mol. The quantitative estimate of drug-likeness (QED) is 0.524. The molecule has 2 aromatic carbocycles. The van der Waals surface area contributed by atoms with Crippen molar-refractivity contribution in [2.24, 2.45) is 0 Å². The van der Waals surface area contributed by atoms with Crippen molar-refractivity contribution in [2.45, 2.75) is 25.6 Å². The maximum atomic E-state index is 13.7. The average Bonchev–Trinajstić information content (AvgIpc) is 3.21. The third kappa shape index (κ3) is 3.92. The number of methoxy groups -OCH3 is 2. The van der Waals surface area contributed by atoms with Gasteiger partial charge in [-0.25, -0.2) is 0 Å². The van der Waals surface area contributed by atoms with Gasteiger partial charge in [-0.15, -0.1) is 0 Å². The third-order valence-corrected chi connectivity index (χ3v) is 6.50. The van der Waals surface area contributed by atoms with E-state index in [9.17, 15) is 14.4 Å². The Kier molecular flexibility index (Phi) is 6.28. The predicted octanol–water partition coefficient (Wildman–Crippen LogP) is 3.31. The maximum absolute atomic E-state index is 13.7. The maximum Gasteiger partial charge on any atom is 0.264 e. The minimum atomic E-state index is -0.631. The van der Waals surface area contributed by atoms with E-state index in [1.807, 2.05) is 12.1 Å². The molecule has 0 bridgehead atoms. The summed E-state index contributed by atoms with van der Waals surface area (Å²) >= 11 is 0. The Balaban J connectivity index is 1.40. The minimum absolute atomic E-state index is 0.116. The first kappa shape index (κ1) is 23.3. The van der Waals surface area contributed by atoms with Gasteiger partial charge in [0, 0.05) is 37.5 Å². The Bertz CT molecular complexity index is 1330. The molecule has 9 heteroatoms. The van der Waals surface area contributed by atoms with Gasteiger partial charge in [0.25, 0.3) is 11.8 Å². The molecule has 0 radical (unpaired) electrons. The molecule has 0 saturated carbocycles. The molecule has 1 unspecified atom stereocenters. The van der Waals surface area contributed by atoms with E-state index in [0.717, 1.165) is 5.56 Å². The van der Waals surface area contributed by atoms with Gasteiger partial charge in [0.15, 0.2) is 11.5 Å². The first-order chi connectivity index (χ1) is 17.5. The van der Waals surface area contributed by atoms with Crippen LogP contribution in [0.15, 0.2) is 60.9 Å². The van der Waals surface area contributed by atoms with Crippen molar-refractivity contribution >= 4 is 23.4 Å². The highest BCUT2D eigenvalue weighted by molar-refractivity contribution is 6.18. The summed E-state index contributed by atoms with van der Waals surface area (Å²) in [5.74, 6) is 0.229. The molecule has 3 aromatic rings. The van der Waals surface area contributed by atoms with Gasteiger partial charge in [-0.3, -0.25) is 24.3 Å². The van der Waals surface area contributed by atoms with E-state index in [0.29, 0.717) is 53.4 Å². The van der Waals surface area contributed by atoms with E-state index in [-0.39, 0.29) is 24.1 Å². The zero-order chi connectivity index (χ0) is 25.2. The summed E-state index contributed by atoms with van der Waals surface area (Å²) in [5.41, 5.74) is 2.96. The van der Waals surface area contributed by atoms with Gasteiger partial charge >= 0.3 is 0 Å². The van der Waals surface area contributed by atoms with Gasteiger partial charge in [0.1, 0.15) is 6.17 Å². The molecule has 1 atom stereocenters.